The Balaban J connectivity index is 2.73. The maximum absolute atomic E-state index is 11.3. The van der Waals surface area contributed by atoms with Crippen LogP contribution in [-0.2, 0) is 4.79 Å². The minimum atomic E-state index is -0.196. The Morgan fingerprint density at radius 1 is 1.59 bits per heavy atom. The van der Waals surface area contributed by atoms with E-state index in [1.165, 1.54) is 0 Å². The molecular formula is C12H17ClN2O2. The fourth-order valence-electron chi connectivity index (χ4n) is 1.40. The summed E-state index contributed by atoms with van der Waals surface area (Å²) in [6.45, 7) is 4.26. The van der Waals surface area contributed by atoms with Crippen LogP contribution in [-0.4, -0.2) is 19.1 Å². The molecule has 0 aliphatic carbocycles. The summed E-state index contributed by atoms with van der Waals surface area (Å²) in [7, 11) is 0. The van der Waals surface area contributed by atoms with Crippen molar-refractivity contribution in [2.75, 3.05) is 13.2 Å². The standard InChI is InChI=1S/C12H17ClN2O2/c1-3-15-12(16)7-17-11-5-4-9(13)6-10(11)8(2)14/h4-6,8H,3,7,14H2,1-2H3,(H,15,16)/t8-/m0/s1. The number of rotatable bonds is 5. The highest BCUT2D eigenvalue weighted by Gasteiger charge is 2.10. The van der Waals surface area contributed by atoms with Crippen LogP contribution in [0.4, 0.5) is 0 Å². The van der Waals surface area contributed by atoms with Gasteiger partial charge in [0.15, 0.2) is 6.61 Å². The summed E-state index contributed by atoms with van der Waals surface area (Å²) in [5.41, 5.74) is 6.60. The van der Waals surface area contributed by atoms with E-state index in [-0.39, 0.29) is 18.6 Å². The molecule has 1 rings (SSSR count). The van der Waals surface area contributed by atoms with Gasteiger partial charge in [0.1, 0.15) is 5.75 Å². The summed E-state index contributed by atoms with van der Waals surface area (Å²) in [5, 5.41) is 3.25. The second-order valence-corrected chi connectivity index (χ2v) is 4.15. The molecule has 0 bridgehead atoms. The van der Waals surface area contributed by atoms with Crippen LogP contribution >= 0.6 is 11.6 Å². The monoisotopic (exact) mass is 256 g/mol. The Hall–Kier alpha value is -1.26. The molecule has 1 aromatic carbocycles. The van der Waals surface area contributed by atoms with E-state index in [1.807, 2.05) is 13.8 Å². The van der Waals surface area contributed by atoms with E-state index in [0.29, 0.717) is 17.3 Å². The molecule has 0 unspecified atom stereocenters. The van der Waals surface area contributed by atoms with E-state index in [2.05, 4.69) is 5.32 Å². The predicted octanol–water partition coefficient (Wildman–Crippen LogP) is 1.87. The Kier molecular flexibility index (Phi) is 5.25. The van der Waals surface area contributed by atoms with Crippen molar-refractivity contribution in [2.24, 2.45) is 5.73 Å². The quantitative estimate of drug-likeness (QED) is 0.845. The van der Waals surface area contributed by atoms with Crippen LogP contribution in [0, 0.1) is 0 Å². The van der Waals surface area contributed by atoms with E-state index >= 15 is 0 Å². The molecule has 0 fully saturated rings. The van der Waals surface area contributed by atoms with Crippen LogP contribution in [0.15, 0.2) is 18.2 Å². The summed E-state index contributed by atoms with van der Waals surface area (Å²) in [6, 6.07) is 4.98. The molecule has 0 aliphatic heterocycles. The van der Waals surface area contributed by atoms with E-state index in [4.69, 9.17) is 22.1 Å². The molecule has 1 aromatic rings. The van der Waals surface area contributed by atoms with Gasteiger partial charge in [-0.2, -0.15) is 0 Å². The highest BCUT2D eigenvalue weighted by molar-refractivity contribution is 6.30. The first kappa shape index (κ1) is 13.8. The third-order valence-electron chi connectivity index (χ3n) is 2.20. The topological polar surface area (TPSA) is 64.3 Å². The number of hydrogen-bond donors (Lipinski definition) is 2. The van der Waals surface area contributed by atoms with E-state index < -0.39 is 0 Å². The number of amides is 1. The number of likely N-dealkylation sites (N-methyl/N-ethyl adjacent to an activating group) is 1. The fraction of sp³-hybridized carbons (Fsp3) is 0.417. The maximum atomic E-state index is 11.3. The highest BCUT2D eigenvalue weighted by atomic mass is 35.5. The average Bonchev–Trinajstić information content (AvgIpc) is 2.27. The summed E-state index contributed by atoms with van der Waals surface area (Å²) >= 11 is 5.88. The molecule has 0 radical (unpaired) electrons. The largest absolute Gasteiger partial charge is 0.483 e. The summed E-state index contributed by atoms with van der Waals surface area (Å²) in [4.78, 5) is 11.3. The second kappa shape index (κ2) is 6.47. The van der Waals surface area contributed by atoms with Crippen LogP contribution in [0.1, 0.15) is 25.5 Å². The van der Waals surface area contributed by atoms with Gasteiger partial charge < -0.3 is 15.8 Å². The number of hydrogen-bond acceptors (Lipinski definition) is 3. The van der Waals surface area contributed by atoms with Crippen molar-refractivity contribution < 1.29 is 9.53 Å². The first-order valence-corrected chi connectivity index (χ1v) is 5.87. The lowest BCUT2D eigenvalue weighted by molar-refractivity contribution is -0.122. The van der Waals surface area contributed by atoms with Crippen molar-refractivity contribution >= 4 is 17.5 Å². The first-order chi connectivity index (χ1) is 8.04. The predicted molar refractivity (Wildman–Crippen MR) is 68.2 cm³/mol. The van der Waals surface area contributed by atoms with Gasteiger partial charge in [-0.15, -0.1) is 0 Å². The third-order valence-corrected chi connectivity index (χ3v) is 2.43. The molecule has 4 nitrogen and oxygen atoms in total. The lowest BCUT2D eigenvalue weighted by atomic mass is 10.1. The second-order valence-electron chi connectivity index (χ2n) is 3.71. The molecule has 5 heteroatoms. The van der Waals surface area contributed by atoms with Gasteiger partial charge in [0.05, 0.1) is 0 Å². The van der Waals surface area contributed by atoms with Crippen LogP contribution in [0.25, 0.3) is 0 Å². The number of carbonyl (C=O) groups excluding carboxylic acids is 1. The zero-order valence-electron chi connectivity index (χ0n) is 10.00. The highest BCUT2D eigenvalue weighted by Crippen LogP contribution is 2.27. The van der Waals surface area contributed by atoms with Crippen LogP contribution in [0.3, 0.4) is 0 Å². The minimum absolute atomic E-state index is 0.0187. The number of carbonyl (C=O) groups is 1. The van der Waals surface area contributed by atoms with Crippen molar-refractivity contribution in [3.05, 3.63) is 28.8 Å². The van der Waals surface area contributed by atoms with Gasteiger partial charge in [-0.25, -0.2) is 0 Å². The van der Waals surface area contributed by atoms with Gasteiger partial charge in [-0.1, -0.05) is 11.6 Å². The SMILES string of the molecule is CCNC(=O)COc1ccc(Cl)cc1[C@H](C)N. The molecule has 0 saturated heterocycles. The Labute approximate surface area is 106 Å². The van der Waals surface area contributed by atoms with E-state index in [1.54, 1.807) is 18.2 Å². The zero-order chi connectivity index (χ0) is 12.8. The van der Waals surface area contributed by atoms with Gasteiger partial charge in [0.25, 0.3) is 5.91 Å². The van der Waals surface area contributed by atoms with Gasteiger partial charge in [0.2, 0.25) is 0 Å². The fourth-order valence-corrected chi connectivity index (χ4v) is 1.58. The van der Waals surface area contributed by atoms with Gasteiger partial charge >= 0.3 is 0 Å². The van der Waals surface area contributed by atoms with Gasteiger partial charge in [-0.3, -0.25) is 4.79 Å². The molecule has 0 saturated carbocycles. The number of halogens is 1. The molecule has 17 heavy (non-hydrogen) atoms. The lowest BCUT2D eigenvalue weighted by Crippen LogP contribution is -2.28. The number of nitrogens with one attached hydrogen (secondary N) is 1. The van der Waals surface area contributed by atoms with Gasteiger partial charge in [-0.05, 0) is 32.0 Å². The smallest absolute Gasteiger partial charge is 0.257 e. The lowest BCUT2D eigenvalue weighted by Gasteiger charge is -2.14. The summed E-state index contributed by atoms with van der Waals surface area (Å²) in [6.07, 6.45) is 0. The number of benzene rings is 1. The number of ether oxygens (including phenoxy) is 1. The summed E-state index contributed by atoms with van der Waals surface area (Å²) in [5.74, 6) is 0.439. The molecule has 1 amide bonds. The van der Waals surface area contributed by atoms with Gasteiger partial charge in [0, 0.05) is 23.2 Å². The molecule has 0 aliphatic rings. The van der Waals surface area contributed by atoms with Crippen LogP contribution in [0.5, 0.6) is 5.75 Å². The number of nitrogens with two attached hydrogens (primary N) is 1. The van der Waals surface area contributed by atoms with Crippen molar-refractivity contribution in [3.63, 3.8) is 0 Å². The molecule has 94 valence electrons. The van der Waals surface area contributed by atoms with E-state index in [0.717, 1.165) is 5.56 Å². The maximum Gasteiger partial charge on any atom is 0.257 e. The third kappa shape index (κ3) is 4.24. The Morgan fingerprint density at radius 2 is 2.29 bits per heavy atom. The van der Waals surface area contributed by atoms with Crippen molar-refractivity contribution in [1.29, 1.82) is 0 Å². The molecule has 1 atom stereocenters. The molecule has 0 aromatic heterocycles. The van der Waals surface area contributed by atoms with Crippen molar-refractivity contribution in [3.8, 4) is 5.75 Å². The normalized spacial score (nSPS) is 12.0. The molecular weight excluding hydrogens is 240 g/mol. The molecule has 0 heterocycles. The average molecular weight is 257 g/mol. The Bertz CT molecular complexity index is 394. The van der Waals surface area contributed by atoms with Crippen molar-refractivity contribution in [2.45, 2.75) is 19.9 Å². The van der Waals surface area contributed by atoms with Crippen LogP contribution in [0.2, 0.25) is 5.02 Å². The first-order valence-electron chi connectivity index (χ1n) is 5.49. The Morgan fingerprint density at radius 3 is 2.88 bits per heavy atom. The zero-order valence-corrected chi connectivity index (χ0v) is 10.8. The summed E-state index contributed by atoms with van der Waals surface area (Å²) < 4.78 is 5.42. The van der Waals surface area contributed by atoms with Crippen LogP contribution < -0.4 is 15.8 Å². The van der Waals surface area contributed by atoms with E-state index in [9.17, 15) is 4.79 Å². The molecule has 0 spiro atoms. The van der Waals surface area contributed by atoms with Crippen molar-refractivity contribution in [1.82, 2.24) is 5.32 Å². The molecule has 3 N–H and O–H groups in total. The minimum Gasteiger partial charge on any atom is -0.483 e.